The van der Waals surface area contributed by atoms with E-state index in [9.17, 15) is 9.59 Å². The summed E-state index contributed by atoms with van der Waals surface area (Å²) in [4.78, 5) is 59.4. The number of halogens is 2. The van der Waals surface area contributed by atoms with Gasteiger partial charge in [-0.1, -0.05) is 108 Å². The van der Waals surface area contributed by atoms with Gasteiger partial charge in [0, 0.05) is 33.3 Å². The quantitative estimate of drug-likeness (QED) is 0.0559. The molecule has 0 radical (unpaired) electrons. The van der Waals surface area contributed by atoms with Crippen molar-refractivity contribution in [3.63, 3.8) is 0 Å². The van der Waals surface area contributed by atoms with E-state index in [1.165, 1.54) is 12.1 Å². The molecular formula is C50H58Cl2N2O10. The van der Waals surface area contributed by atoms with Crippen molar-refractivity contribution in [1.82, 2.24) is 10.6 Å². The fourth-order valence-corrected chi connectivity index (χ4v) is 7.38. The zero-order valence-electron chi connectivity index (χ0n) is 37.8. The molecule has 1 aliphatic heterocycles. The molecule has 4 unspecified atom stereocenters. The van der Waals surface area contributed by atoms with Gasteiger partial charge in [0.05, 0.1) is 13.1 Å². The highest BCUT2D eigenvalue weighted by Crippen LogP contribution is 2.38. The molecule has 1 aliphatic rings. The Kier molecular flexibility index (Phi) is 16.0. The number of benzene rings is 4. The molecule has 0 amide bonds. The molecule has 4 aromatic rings. The monoisotopic (exact) mass is 916 g/mol. The van der Waals surface area contributed by atoms with Gasteiger partial charge in [0.1, 0.15) is 23.7 Å². The third-order valence-electron chi connectivity index (χ3n) is 10.0. The number of ether oxygens (including phenoxy) is 6. The Bertz CT molecular complexity index is 2300. The predicted molar refractivity (Wildman–Crippen MR) is 244 cm³/mol. The molecule has 4 aromatic carbocycles. The van der Waals surface area contributed by atoms with E-state index in [1.807, 2.05) is 75.4 Å². The first-order valence-corrected chi connectivity index (χ1v) is 21.8. The van der Waals surface area contributed by atoms with E-state index in [1.54, 1.807) is 77.9 Å². The summed E-state index contributed by atoms with van der Waals surface area (Å²) in [5.74, 6) is -8.04. The molecule has 1 heterocycles. The van der Waals surface area contributed by atoms with Crippen LogP contribution in [0.15, 0.2) is 116 Å². The Morgan fingerprint density at radius 1 is 0.578 bits per heavy atom. The van der Waals surface area contributed by atoms with Crippen LogP contribution >= 0.6 is 23.2 Å². The topological polar surface area (TPSA) is 148 Å². The molecule has 0 saturated carbocycles. The molecule has 342 valence electrons. The molecular weight excluding hydrogens is 859 g/mol. The van der Waals surface area contributed by atoms with E-state index in [0.717, 1.165) is 29.2 Å². The first-order chi connectivity index (χ1) is 30.1. The lowest BCUT2D eigenvalue weighted by Crippen LogP contribution is -2.60. The van der Waals surface area contributed by atoms with Crippen molar-refractivity contribution in [2.45, 2.75) is 115 Å². The average molecular weight is 918 g/mol. The Balaban J connectivity index is 1.59. The van der Waals surface area contributed by atoms with Crippen LogP contribution in [-0.2, 0) is 71.6 Å². The standard InChI is InChI=1S/C50H58Cl2N2O10/c1-33-16-13-19-37(26-33)28-35(3)54-32-49(43(56)62-47(7,8)9,39-21-15-23-41(52)30-39)64-45(58)50(59-24-25-60-50)44(57)63-48(42(55)61-46(4,5)6,38-20-14-22-40(51)29-38)31-53-34(2)27-36-17-11-10-12-18-36/h10-26,29-30,34-35,53-54H,27-28,31-32H2,1-9H3. The van der Waals surface area contributed by atoms with Crippen molar-refractivity contribution in [2.75, 3.05) is 13.1 Å². The van der Waals surface area contributed by atoms with Crippen LogP contribution in [0.25, 0.3) is 0 Å². The highest BCUT2D eigenvalue weighted by Gasteiger charge is 2.63. The lowest BCUT2D eigenvalue weighted by atomic mass is 9.91. The van der Waals surface area contributed by atoms with Gasteiger partial charge in [-0.05, 0) is 111 Å². The maximum Gasteiger partial charge on any atom is 0.452 e. The van der Waals surface area contributed by atoms with E-state index >= 15 is 9.59 Å². The molecule has 12 nitrogen and oxygen atoms in total. The number of carbonyl (C=O) groups is 4. The molecule has 14 heteroatoms. The third-order valence-corrected chi connectivity index (χ3v) is 10.5. The van der Waals surface area contributed by atoms with Crippen LogP contribution in [-0.4, -0.2) is 66.0 Å². The maximum absolute atomic E-state index is 15.0. The Morgan fingerprint density at radius 2 is 1.00 bits per heavy atom. The summed E-state index contributed by atoms with van der Waals surface area (Å²) in [5, 5.41) is 7.11. The van der Waals surface area contributed by atoms with Crippen LogP contribution in [0.2, 0.25) is 10.0 Å². The van der Waals surface area contributed by atoms with Crippen LogP contribution in [0.1, 0.15) is 83.2 Å². The van der Waals surface area contributed by atoms with Crippen molar-refractivity contribution < 1.29 is 47.6 Å². The van der Waals surface area contributed by atoms with Gasteiger partial charge in [0.25, 0.3) is 0 Å². The van der Waals surface area contributed by atoms with Gasteiger partial charge in [-0.2, -0.15) is 0 Å². The molecule has 64 heavy (non-hydrogen) atoms. The molecule has 2 N–H and O–H groups in total. The van der Waals surface area contributed by atoms with E-state index in [2.05, 4.69) is 10.6 Å². The number of esters is 4. The maximum atomic E-state index is 15.0. The summed E-state index contributed by atoms with van der Waals surface area (Å²) in [5.41, 5.74) is -3.43. The Labute approximate surface area is 385 Å². The molecule has 0 aromatic heterocycles. The van der Waals surface area contributed by atoms with E-state index in [4.69, 9.17) is 51.6 Å². The highest BCUT2D eigenvalue weighted by atomic mass is 35.5. The molecule has 0 spiro atoms. The molecule has 0 saturated heterocycles. The van der Waals surface area contributed by atoms with Crippen LogP contribution in [0.4, 0.5) is 0 Å². The summed E-state index contributed by atoms with van der Waals surface area (Å²) in [6.07, 6.45) is 2.98. The lowest BCUT2D eigenvalue weighted by Gasteiger charge is -2.38. The predicted octanol–water partition coefficient (Wildman–Crippen LogP) is 8.82. The van der Waals surface area contributed by atoms with E-state index in [-0.39, 0.29) is 46.3 Å². The van der Waals surface area contributed by atoms with Crippen molar-refractivity contribution in [2.24, 2.45) is 0 Å². The summed E-state index contributed by atoms with van der Waals surface area (Å²) in [6, 6.07) is 29.4. The largest absolute Gasteiger partial charge is 0.457 e. The molecule has 4 atom stereocenters. The minimum atomic E-state index is -3.06. The molecule has 0 bridgehead atoms. The molecule has 5 rings (SSSR count). The fraction of sp³-hybridized carbons (Fsp3) is 0.400. The minimum absolute atomic E-state index is 0.116. The zero-order chi connectivity index (χ0) is 46.9. The van der Waals surface area contributed by atoms with E-state index < -0.39 is 52.1 Å². The number of carbonyl (C=O) groups excluding carboxylic acids is 4. The molecule has 0 fully saturated rings. The highest BCUT2D eigenvalue weighted by molar-refractivity contribution is 6.31. The van der Waals surface area contributed by atoms with Gasteiger partial charge in [-0.15, -0.1) is 0 Å². The van der Waals surface area contributed by atoms with Crippen LogP contribution in [0.5, 0.6) is 0 Å². The summed E-state index contributed by atoms with van der Waals surface area (Å²) in [7, 11) is 0. The third kappa shape index (κ3) is 12.7. The van der Waals surface area contributed by atoms with Gasteiger partial charge in [-0.3, -0.25) is 0 Å². The summed E-state index contributed by atoms with van der Waals surface area (Å²) >= 11 is 13.0. The Morgan fingerprint density at radius 3 is 1.42 bits per heavy atom. The van der Waals surface area contributed by atoms with Gasteiger partial charge in [-0.25, -0.2) is 19.2 Å². The van der Waals surface area contributed by atoms with Crippen molar-refractivity contribution in [3.05, 3.63) is 154 Å². The van der Waals surface area contributed by atoms with Crippen LogP contribution in [0, 0.1) is 6.92 Å². The number of hydrogen-bond donors (Lipinski definition) is 2. The van der Waals surface area contributed by atoms with E-state index in [0.29, 0.717) is 12.8 Å². The average Bonchev–Trinajstić information content (AvgIpc) is 3.72. The second kappa shape index (κ2) is 20.6. The first-order valence-electron chi connectivity index (χ1n) is 21.1. The van der Waals surface area contributed by atoms with Crippen LogP contribution < -0.4 is 10.6 Å². The zero-order valence-corrected chi connectivity index (χ0v) is 39.3. The number of nitrogens with one attached hydrogen (secondary N) is 2. The second-order valence-corrected chi connectivity index (χ2v) is 18.9. The minimum Gasteiger partial charge on any atom is -0.457 e. The fourth-order valence-electron chi connectivity index (χ4n) is 7.00. The summed E-state index contributed by atoms with van der Waals surface area (Å²) in [6.45, 7) is 15.1. The second-order valence-electron chi connectivity index (χ2n) is 18.0. The number of hydrogen-bond acceptors (Lipinski definition) is 12. The van der Waals surface area contributed by atoms with Crippen molar-refractivity contribution >= 4 is 47.1 Å². The van der Waals surface area contributed by atoms with Crippen LogP contribution in [0.3, 0.4) is 0 Å². The van der Waals surface area contributed by atoms with Gasteiger partial charge >= 0.3 is 29.7 Å². The number of aryl methyl sites for hydroxylation is 1. The lowest BCUT2D eigenvalue weighted by molar-refractivity contribution is -0.240. The number of rotatable bonds is 18. The first kappa shape index (κ1) is 49.6. The van der Waals surface area contributed by atoms with Crippen molar-refractivity contribution in [1.29, 1.82) is 0 Å². The SMILES string of the molecule is Cc1cccc(CC(C)NCC(OC(=O)C2(C(=O)OC(CNC(C)Cc3ccccc3)(C(=O)OC(C)(C)C)c3cccc(Cl)c3)OC=CO2)(C(=O)OC(C)(C)C)c2cccc(Cl)c2)c1. The Hall–Kier alpha value is -5.40. The summed E-state index contributed by atoms with van der Waals surface area (Å²) < 4.78 is 35.9. The van der Waals surface area contributed by atoms with Gasteiger partial charge < -0.3 is 39.1 Å². The van der Waals surface area contributed by atoms with Gasteiger partial charge in [0.2, 0.25) is 11.2 Å². The normalized spacial score (nSPS) is 16.2. The molecule has 0 aliphatic carbocycles. The van der Waals surface area contributed by atoms with Gasteiger partial charge in [0.15, 0.2) is 0 Å². The smallest absolute Gasteiger partial charge is 0.452 e. The van der Waals surface area contributed by atoms with Crippen molar-refractivity contribution in [3.8, 4) is 0 Å².